The Morgan fingerprint density at radius 2 is 1.60 bits per heavy atom. The summed E-state index contributed by atoms with van der Waals surface area (Å²) in [4.78, 5) is 19.5. The molecule has 90 valence electrons. The van der Waals surface area contributed by atoms with Crippen LogP contribution in [0.5, 0.6) is 0 Å². The molecule has 0 aromatic carbocycles. The van der Waals surface area contributed by atoms with Gasteiger partial charge in [0.1, 0.15) is 6.04 Å². The van der Waals surface area contributed by atoms with Gasteiger partial charge in [-0.1, -0.05) is 0 Å². The van der Waals surface area contributed by atoms with Crippen LogP contribution in [0.25, 0.3) is 0 Å². The summed E-state index contributed by atoms with van der Waals surface area (Å²) >= 11 is 0. The number of hydrogen-bond donors (Lipinski definition) is 6. The van der Waals surface area contributed by atoms with E-state index in [2.05, 4.69) is 0 Å². The van der Waals surface area contributed by atoms with Crippen molar-refractivity contribution in [2.24, 2.45) is 22.9 Å². The SMILES string of the molecule is NC(N)CCC(=O)O.NC[C@H](N)C(=O)O. The lowest BCUT2D eigenvalue weighted by molar-refractivity contribution is -0.138. The summed E-state index contributed by atoms with van der Waals surface area (Å²) in [7, 11) is 0. The fourth-order valence-electron chi connectivity index (χ4n) is 0.391. The highest BCUT2D eigenvalue weighted by Gasteiger charge is 2.05. The Morgan fingerprint density at radius 3 is 1.67 bits per heavy atom. The molecule has 0 aliphatic rings. The second-order valence-corrected chi connectivity index (χ2v) is 2.78. The Labute approximate surface area is 87.2 Å². The van der Waals surface area contributed by atoms with Crippen LogP contribution in [0.3, 0.4) is 0 Å². The third-order valence-electron chi connectivity index (χ3n) is 1.26. The Hall–Kier alpha value is -1.22. The highest BCUT2D eigenvalue weighted by molar-refractivity contribution is 5.73. The lowest BCUT2D eigenvalue weighted by Crippen LogP contribution is -2.37. The van der Waals surface area contributed by atoms with E-state index in [1.54, 1.807) is 0 Å². The van der Waals surface area contributed by atoms with Gasteiger partial charge in [0, 0.05) is 13.0 Å². The summed E-state index contributed by atoms with van der Waals surface area (Å²) in [5.74, 6) is -1.91. The van der Waals surface area contributed by atoms with Crippen molar-refractivity contribution in [1.29, 1.82) is 0 Å². The van der Waals surface area contributed by atoms with Gasteiger partial charge >= 0.3 is 11.9 Å². The Balaban J connectivity index is 0. The van der Waals surface area contributed by atoms with E-state index < -0.39 is 24.1 Å². The molecule has 0 unspecified atom stereocenters. The zero-order valence-corrected chi connectivity index (χ0v) is 8.30. The van der Waals surface area contributed by atoms with Gasteiger partial charge < -0.3 is 33.1 Å². The first-order valence-corrected chi connectivity index (χ1v) is 4.22. The highest BCUT2D eigenvalue weighted by Crippen LogP contribution is 1.86. The normalized spacial score (nSPS) is 11.5. The molecule has 0 amide bonds. The van der Waals surface area contributed by atoms with Crippen molar-refractivity contribution in [3.05, 3.63) is 0 Å². The lowest BCUT2D eigenvalue weighted by Gasteiger charge is -1.98. The van der Waals surface area contributed by atoms with E-state index in [9.17, 15) is 9.59 Å². The monoisotopic (exact) mass is 222 g/mol. The van der Waals surface area contributed by atoms with Gasteiger partial charge in [0.2, 0.25) is 0 Å². The van der Waals surface area contributed by atoms with Crippen LogP contribution in [0, 0.1) is 0 Å². The third kappa shape index (κ3) is 15.5. The minimum Gasteiger partial charge on any atom is -0.481 e. The molecule has 0 saturated carbocycles. The zero-order valence-electron chi connectivity index (χ0n) is 8.30. The Bertz CT molecular complexity index is 197. The van der Waals surface area contributed by atoms with E-state index in [1.807, 2.05) is 0 Å². The van der Waals surface area contributed by atoms with Crippen LogP contribution in [0.4, 0.5) is 0 Å². The standard InChI is InChI=1S/C4H10N2O2.C3H8N2O2/c5-3(6)1-2-4(7)8;4-1-2(5)3(6)7/h3H,1-2,5-6H2,(H,7,8);2H,1,4-5H2,(H,6,7)/t;2-/m.0/s1. The number of aliphatic carboxylic acids is 2. The van der Waals surface area contributed by atoms with Gasteiger partial charge in [0.05, 0.1) is 6.17 Å². The van der Waals surface area contributed by atoms with Gasteiger partial charge in [-0.2, -0.15) is 0 Å². The zero-order chi connectivity index (χ0) is 12.4. The van der Waals surface area contributed by atoms with Crippen LogP contribution in [0.1, 0.15) is 12.8 Å². The molecule has 0 spiro atoms. The van der Waals surface area contributed by atoms with Crippen molar-refractivity contribution >= 4 is 11.9 Å². The average Bonchev–Trinajstić information content (AvgIpc) is 2.14. The molecule has 0 aromatic heterocycles. The molecule has 1 atom stereocenters. The lowest BCUT2D eigenvalue weighted by atomic mass is 10.3. The van der Waals surface area contributed by atoms with Crippen molar-refractivity contribution in [3.8, 4) is 0 Å². The molecule has 0 aliphatic heterocycles. The van der Waals surface area contributed by atoms with E-state index in [-0.39, 0.29) is 13.0 Å². The molecular formula is C7H18N4O4. The Kier molecular flexibility index (Phi) is 10.1. The van der Waals surface area contributed by atoms with Crippen molar-refractivity contribution < 1.29 is 19.8 Å². The van der Waals surface area contributed by atoms with Crippen LogP contribution < -0.4 is 22.9 Å². The maximum absolute atomic E-state index is 9.79. The Morgan fingerprint density at radius 1 is 1.13 bits per heavy atom. The van der Waals surface area contributed by atoms with E-state index in [0.29, 0.717) is 6.42 Å². The summed E-state index contributed by atoms with van der Waals surface area (Å²) in [5.41, 5.74) is 19.9. The maximum Gasteiger partial charge on any atom is 0.321 e. The molecule has 0 radical (unpaired) electrons. The van der Waals surface area contributed by atoms with E-state index >= 15 is 0 Å². The van der Waals surface area contributed by atoms with Crippen molar-refractivity contribution in [3.63, 3.8) is 0 Å². The van der Waals surface area contributed by atoms with Crippen molar-refractivity contribution in [2.45, 2.75) is 25.0 Å². The molecule has 10 N–H and O–H groups in total. The third-order valence-corrected chi connectivity index (χ3v) is 1.26. The van der Waals surface area contributed by atoms with E-state index in [4.69, 9.17) is 33.1 Å². The van der Waals surface area contributed by atoms with Gasteiger partial charge in [0.15, 0.2) is 0 Å². The van der Waals surface area contributed by atoms with Gasteiger partial charge in [-0.25, -0.2) is 0 Å². The molecule has 0 rings (SSSR count). The van der Waals surface area contributed by atoms with Crippen molar-refractivity contribution in [2.75, 3.05) is 6.54 Å². The molecule has 8 heteroatoms. The number of carboxylic acids is 2. The quantitative estimate of drug-likeness (QED) is 0.275. The fourth-order valence-corrected chi connectivity index (χ4v) is 0.391. The van der Waals surface area contributed by atoms with Crippen molar-refractivity contribution in [1.82, 2.24) is 0 Å². The molecular weight excluding hydrogens is 204 g/mol. The second-order valence-electron chi connectivity index (χ2n) is 2.78. The van der Waals surface area contributed by atoms with E-state index in [1.165, 1.54) is 0 Å². The summed E-state index contributed by atoms with van der Waals surface area (Å²) in [6.07, 6.45) is -0.0985. The molecule has 0 aliphatic carbocycles. The molecule has 0 saturated heterocycles. The average molecular weight is 222 g/mol. The maximum atomic E-state index is 9.79. The van der Waals surface area contributed by atoms with E-state index in [0.717, 1.165) is 0 Å². The van der Waals surface area contributed by atoms with Crippen LogP contribution >= 0.6 is 0 Å². The summed E-state index contributed by atoms with van der Waals surface area (Å²) < 4.78 is 0. The van der Waals surface area contributed by atoms with Gasteiger partial charge in [-0.15, -0.1) is 0 Å². The van der Waals surface area contributed by atoms with Crippen LogP contribution in [0.15, 0.2) is 0 Å². The molecule has 0 fully saturated rings. The van der Waals surface area contributed by atoms with Crippen LogP contribution in [-0.4, -0.2) is 40.9 Å². The highest BCUT2D eigenvalue weighted by atomic mass is 16.4. The first kappa shape index (κ1) is 16.2. The topological polar surface area (TPSA) is 179 Å². The minimum absolute atomic E-state index is 0.00463. The first-order valence-electron chi connectivity index (χ1n) is 4.22. The van der Waals surface area contributed by atoms with Crippen LogP contribution in [0.2, 0.25) is 0 Å². The predicted octanol–water partition coefficient (Wildman–Crippen LogP) is -2.55. The number of carbonyl (C=O) groups is 2. The molecule has 0 bridgehead atoms. The largest absolute Gasteiger partial charge is 0.481 e. The van der Waals surface area contributed by atoms with Gasteiger partial charge in [0.25, 0.3) is 0 Å². The molecule has 8 nitrogen and oxygen atoms in total. The fraction of sp³-hybridized carbons (Fsp3) is 0.714. The molecule has 0 aromatic rings. The summed E-state index contributed by atoms with van der Waals surface area (Å²) in [6, 6.07) is -0.903. The van der Waals surface area contributed by atoms with Gasteiger partial charge in [-0.05, 0) is 6.42 Å². The summed E-state index contributed by atoms with van der Waals surface area (Å²) in [6.45, 7) is -0.00463. The number of nitrogens with two attached hydrogens (primary N) is 4. The smallest absolute Gasteiger partial charge is 0.321 e. The minimum atomic E-state index is -1.05. The summed E-state index contributed by atoms with van der Waals surface area (Å²) in [5, 5.41) is 16.0. The number of carboxylic acid groups (broad SMARTS) is 2. The second kappa shape index (κ2) is 9.34. The number of hydrogen-bond acceptors (Lipinski definition) is 6. The van der Waals surface area contributed by atoms with Gasteiger partial charge in [-0.3, -0.25) is 9.59 Å². The molecule has 15 heavy (non-hydrogen) atoms. The molecule has 0 heterocycles. The first-order chi connectivity index (χ1) is 6.81. The predicted molar refractivity (Wildman–Crippen MR) is 53.7 cm³/mol. The van der Waals surface area contributed by atoms with Crippen LogP contribution in [-0.2, 0) is 9.59 Å². The number of rotatable bonds is 5.